The van der Waals surface area contributed by atoms with Crippen LogP contribution in [0.25, 0.3) is 5.65 Å². The summed E-state index contributed by atoms with van der Waals surface area (Å²) in [6.07, 6.45) is 4.32. The van der Waals surface area contributed by atoms with Crippen LogP contribution < -0.4 is 21.5 Å². The van der Waals surface area contributed by atoms with Crippen LogP contribution in [-0.4, -0.2) is 57.5 Å². The molecule has 0 radical (unpaired) electrons. The SMILES string of the molecule is COC1CC(n2cccc(Nc3cc(N(C)[C@@H]4C[C@@H]4F)n4ncc(C(N)=O)c4n3)c2=O)C1. The number of nitrogens with zero attached hydrogens (tertiary/aromatic N) is 5. The molecular weight excluding hydrogens is 417 g/mol. The summed E-state index contributed by atoms with van der Waals surface area (Å²) in [4.78, 5) is 31.1. The third kappa shape index (κ3) is 3.38. The van der Waals surface area contributed by atoms with Crippen LogP contribution in [0.5, 0.6) is 0 Å². The van der Waals surface area contributed by atoms with Crippen LogP contribution in [0, 0.1) is 0 Å². The molecule has 2 aliphatic carbocycles. The first kappa shape index (κ1) is 20.4. The Kier molecular flexibility index (Phi) is 4.85. The van der Waals surface area contributed by atoms with Crippen molar-refractivity contribution in [2.75, 3.05) is 24.4 Å². The summed E-state index contributed by atoms with van der Waals surface area (Å²) in [7, 11) is 3.42. The molecule has 168 valence electrons. The van der Waals surface area contributed by atoms with Gasteiger partial charge in [0.25, 0.3) is 11.5 Å². The minimum absolute atomic E-state index is 0.0824. The fourth-order valence-corrected chi connectivity index (χ4v) is 4.15. The molecule has 3 N–H and O–H groups in total. The van der Waals surface area contributed by atoms with Gasteiger partial charge < -0.3 is 25.3 Å². The number of carbonyl (C=O) groups is 1. The zero-order chi connectivity index (χ0) is 22.6. The fraction of sp³-hybridized carbons (Fsp3) is 0.429. The molecule has 10 nitrogen and oxygen atoms in total. The topological polar surface area (TPSA) is 120 Å². The lowest BCUT2D eigenvalue weighted by Crippen LogP contribution is -2.37. The van der Waals surface area contributed by atoms with E-state index in [0.29, 0.717) is 23.7 Å². The number of hydrogen-bond donors (Lipinski definition) is 2. The number of rotatable bonds is 7. The summed E-state index contributed by atoms with van der Waals surface area (Å²) >= 11 is 0. The molecular formula is C21H24FN7O3. The van der Waals surface area contributed by atoms with Crippen LogP contribution in [0.4, 0.5) is 21.7 Å². The van der Waals surface area contributed by atoms with Gasteiger partial charge in [0, 0.05) is 38.9 Å². The van der Waals surface area contributed by atoms with E-state index >= 15 is 0 Å². The second-order valence-electron chi connectivity index (χ2n) is 8.33. The second-order valence-corrected chi connectivity index (χ2v) is 8.33. The first-order chi connectivity index (χ1) is 15.4. The van der Waals surface area contributed by atoms with Crippen molar-refractivity contribution < 1.29 is 13.9 Å². The lowest BCUT2D eigenvalue weighted by Gasteiger charge is -2.35. The van der Waals surface area contributed by atoms with Crippen molar-refractivity contribution in [3.8, 4) is 0 Å². The lowest BCUT2D eigenvalue weighted by molar-refractivity contribution is 0.00522. The molecule has 0 aliphatic heterocycles. The number of amides is 1. The van der Waals surface area contributed by atoms with E-state index in [1.54, 1.807) is 48.0 Å². The summed E-state index contributed by atoms with van der Waals surface area (Å²) in [6.45, 7) is 0. The van der Waals surface area contributed by atoms with Crippen LogP contribution in [0.1, 0.15) is 35.7 Å². The van der Waals surface area contributed by atoms with Crippen molar-refractivity contribution in [2.45, 2.75) is 43.6 Å². The molecule has 32 heavy (non-hydrogen) atoms. The highest BCUT2D eigenvalue weighted by molar-refractivity contribution is 5.99. The van der Waals surface area contributed by atoms with Crippen molar-refractivity contribution in [1.82, 2.24) is 19.2 Å². The van der Waals surface area contributed by atoms with E-state index in [0.717, 1.165) is 12.8 Å². The summed E-state index contributed by atoms with van der Waals surface area (Å²) in [5, 5.41) is 7.28. The van der Waals surface area contributed by atoms with Crippen molar-refractivity contribution >= 4 is 28.9 Å². The minimum atomic E-state index is -0.925. The van der Waals surface area contributed by atoms with Crippen LogP contribution in [-0.2, 0) is 4.74 Å². The predicted octanol–water partition coefficient (Wildman–Crippen LogP) is 1.63. The number of fused-ring (bicyclic) bond motifs is 1. The number of ether oxygens (including phenoxy) is 1. The average Bonchev–Trinajstić information content (AvgIpc) is 3.30. The zero-order valence-electron chi connectivity index (χ0n) is 17.7. The molecule has 0 unspecified atom stereocenters. The van der Waals surface area contributed by atoms with Crippen LogP contribution >= 0.6 is 0 Å². The molecule has 3 aromatic heterocycles. The largest absolute Gasteiger partial charge is 0.381 e. The Morgan fingerprint density at radius 2 is 2.12 bits per heavy atom. The fourth-order valence-electron chi connectivity index (χ4n) is 4.15. The molecule has 0 spiro atoms. The van der Waals surface area contributed by atoms with Crippen molar-refractivity contribution in [1.29, 1.82) is 0 Å². The monoisotopic (exact) mass is 441 g/mol. The average molecular weight is 441 g/mol. The van der Waals surface area contributed by atoms with Crippen molar-refractivity contribution in [2.24, 2.45) is 5.73 Å². The molecule has 0 saturated heterocycles. The van der Waals surface area contributed by atoms with Crippen LogP contribution in [0.2, 0.25) is 0 Å². The minimum Gasteiger partial charge on any atom is -0.381 e. The van der Waals surface area contributed by atoms with Gasteiger partial charge in [0.1, 0.15) is 29.1 Å². The zero-order valence-corrected chi connectivity index (χ0v) is 17.7. The van der Waals surface area contributed by atoms with Gasteiger partial charge in [-0.05, 0) is 25.0 Å². The van der Waals surface area contributed by atoms with Crippen LogP contribution in [0.3, 0.4) is 0 Å². The Hall–Kier alpha value is -3.47. The normalized spacial score (nSPS) is 24.2. The van der Waals surface area contributed by atoms with Gasteiger partial charge in [-0.2, -0.15) is 9.61 Å². The molecule has 1 amide bonds. The first-order valence-corrected chi connectivity index (χ1v) is 10.4. The lowest BCUT2D eigenvalue weighted by atomic mass is 9.89. The molecule has 2 atom stereocenters. The van der Waals surface area contributed by atoms with E-state index in [-0.39, 0.29) is 35.0 Å². The maximum atomic E-state index is 13.7. The number of alkyl halides is 1. The number of hydrogen-bond acceptors (Lipinski definition) is 7. The van der Waals surface area contributed by atoms with E-state index in [1.807, 2.05) is 0 Å². The van der Waals surface area contributed by atoms with Crippen molar-refractivity contribution in [3.05, 3.63) is 46.5 Å². The highest BCUT2D eigenvalue weighted by Crippen LogP contribution is 2.35. The Morgan fingerprint density at radius 3 is 2.78 bits per heavy atom. The van der Waals surface area contributed by atoms with Gasteiger partial charge in [0.2, 0.25) is 0 Å². The van der Waals surface area contributed by atoms with Crippen molar-refractivity contribution in [3.63, 3.8) is 0 Å². The smallest absolute Gasteiger partial charge is 0.274 e. The summed E-state index contributed by atoms with van der Waals surface area (Å²) in [5.74, 6) is 0.192. The highest BCUT2D eigenvalue weighted by Gasteiger charge is 2.42. The highest BCUT2D eigenvalue weighted by atomic mass is 19.1. The molecule has 11 heteroatoms. The maximum Gasteiger partial charge on any atom is 0.274 e. The van der Waals surface area contributed by atoms with Gasteiger partial charge >= 0.3 is 0 Å². The Morgan fingerprint density at radius 1 is 1.38 bits per heavy atom. The molecule has 5 rings (SSSR count). The maximum absolute atomic E-state index is 13.7. The standard InChI is InChI=1S/C21H24FN7O3/c1-27(16-8-14(16)22)18-9-17(26-20-13(19(23)30)10-24-29(18)20)25-15-4-3-5-28(21(15)31)11-6-12(7-11)32-2/h3-5,9-12,14,16H,6-8H2,1-2H3,(H2,23,30)(H,25,26)/t11?,12?,14-,16+/m0/s1. The number of primary amides is 1. The third-order valence-corrected chi connectivity index (χ3v) is 6.29. The Bertz CT molecular complexity index is 1250. The van der Waals surface area contributed by atoms with Gasteiger partial charge in [-0.3, -0.25) is 9.59 Å². The van der Waals surface area contributed by atoms with Gasteiger partial charge in [-0.1, -0.05) is 0 Å². The number of methoxy groups -OCH3 is 1. The van der Waals surface area contributed by atoms with Gasteiger partial charge in [0.15, 0.2) is 5.65 Å². The Balaban J connectivity index is 1.53. The number of halogens is 1. The van der Waals surface area contributed by atoms with E-state index in [1.165, 1.54) is 10.7 Å². The van der Waals surface area contributed by atoms with E-state index < -0.39 is 12.1 Å². The van der Waals surface area contributed by atoms with E-state index in [4.69, 9.17) is 10.5 Å². The second kappa shape index (κ2) is 7.59. The first-order valence-electron chi connectivity index (χ1n) is 10.4. The number of pyridine rings is 1. The summed E-state index contributed by atoms with van der Waals surface area (Å²) in [5.41, 5.74) is 6.01. The number of carbonyl (C=O) groups excluding carboxylic acids is 1. The molecule has 0 aromatic carbocycles. The molecule has 0 bridgehead atoms. The van der Waals surface area contributed by atoms with Gasteiger partial charge in [0.05, 0.1) is 18.3 Å². The molecule has 2 saturated carbocycles. The molecule has 2 aliphatic rings. The molecule has 3 aromatic rings. The number of nitrogens with one attached hydrogen (secondary N) is 1. The summed E-state index contributed by atoms with van der Waals surface area (Å²) in [6, 6.07) is 4.94. The predicted molar refractivity (Wildman–Crippen MR) is 116 cm³/mol. The van der Waals surface area contributed by atoms with Gasteiger partial charge in [-0.15, -0.1) is 0 Å². The van der Waals surface area contributed by atoms with Crippen LogP contribution in [0.15, 0.2) is 35.4 Å². The Labute approximate surface area is 182 Å². The molecule has 3 heterocycles. The molecule has 2 fully saturated rings. The van der Waals surface area contributed by atoms with E-state index in [2.05, 4.69) is 15.4 Å². The number of aromatic nitrogens is 4. The van der Waals surface area contributed by atoms with Gasteiger partial charge in [-0.25, -0.2) is 9.37 Å². The number of anilines is 3. The number of nitrogens with two attached hydrogens (primary N) is 1. The van der Waals surface area contributed by atoms with E-state index in [9.17, 15) is 14.0 Å². The third-order valence-electron chi connectivity index (χ3n) is 6.29. The summed E-state index contributed by atoms with van der Waals surface area (Å²) < 4.78 is 22.2. The quantitative estimate of drug-likeness (QED) is 0.572.